The van der Waals surface area contributed by atoms with Crippen LogP contribution in [0.15, 0.2) is 30.3 Å². The van der Waals surface area contributed by atoms with E-state index in [2.05, 4.69) is 55.6 Å². The fraction of sp³-hybridized carbons (Fsp3) is 0.634. The normalized spacial score (nSPS) is 13.1. The van der Waals surface area contributed by atoms with Crippen molar-refractivity contribution >= 4 is 209 Å². The fourth-order valence-corrected chi connectivity index (χ4v) is 14.6. The Hall–Kier alpha value is -11.4. The zero-order valence-corrected chi connectivity index (χ0v) is 84.7. The van der Waals surface area contributed by atoms with Gasteiger partial charge in [0.25, 0.3) is 0 Å². The van der Waals surface area contributed by atoms with Crippen molar-refractivity contribution in [1.29, 1.82) is 0 Å². The summed E-state index contributed by atoms with van der Waals surface area (Å²) in [6.07, 6.45) is 4.81. The van der Waals surface area contributed by atoms with Gasteiger partial charge in [-0.25, -0.2) is 62.3 Å². The number of aliphatic carboxylic acids is 6. The lowest BCUT2D eigenvalue weighted by Crippen LogP contribution is -2.52. The number of esters is 6. The summed E-state index contributed by atoms with van der Waals surface area (Å²) in [6.45, 7) is 32.5. The Labute approximate surface area is 809 Å². The number of benzene rings is 1. The predicted molar refractivity (Wildman–Crippen MR) is 489 cm³/mol. The highest BCUT2D eigenvalue weighted by Crippen LogP contribution is 2.36. The maximum atomic E-state index is 11.9. The maximum Gasteiger partial charge on any atom is 0.370 e. The van der Waals surface area contributed by atoms with Crippen LogP contribution in [0.4, 0.5) is 28.8 Å². The van der Waals surface area contributed by atoms with E-state index < -0.39 is 244 Å². The van der Waals surface area contributed by atoms with Gasteiger partial charge in [-0.2, -0.15) is 0 Å². The van der Waals surface area contributed by atoms with Gasteiger partial charge in [-0.3, -0.25) is 52.7 Å². The van der Waals surface area contributed by atoms with E-state index in [0.717, 1.165) is 39.0 Å². The summed E-state index contributed by atoms with van der Waals surface area (Å²) in [5.74, 6) is -14.5. The monoisotopic (exact) mass is 2060 g/mol. The van der Waals surface area contributed by atoms with Crippen LogP contribution in [-0.2, 0) is 138 Å². The molecule has 0 unspecified atom stereocenters. The molecule has 1 saturated carbocycles. The molecule has 6 atom stereocenters. The van der Waals surface area contributed by atoms with Crippen LogP contribution in [0.25, 0.3) is 0 Å². The molecule has 1 fully saturated rings. The summed E-state index contributed by atoms with van der Waals surface area (Å²) < 4.78 is 49.6. The number of hydrogen-bond acceptors (Lipinski definition) is 42. The summed E-state index contributed by atoms with van der Waals surface area (Å²) in [7, 11) is 0. The van der Waals surface area contributed by atoms with Crippen molar-refractivity contribution in [1.82, 2.24) is 31.9 Å². The van der Waals surface area contributed by atoms with Crippen molar-refractivity contribution < 1.29 is 203 Å². The number of hydrogen-bond donors (Lipinski definition) is 12. The number of nitrogens with one attached hydrogen (secondary N) is 6. The molecule has 0 radical (unpaired) electrons. The highest BCUT2D eigenvalue weighted by atomic mass is 32.2. The van der Waals surface area contributed by atoms with Gasteiger partial charge in [-0.05, 0) is 199 Å². The van der Waals surface area contributed by atoms with Gasteiger partial charge in [0.05, 0.1) is 51.3 Å². The smallest absolute Gasteiger partial charge is 0.370 e. The lowest BCUT2D eigenvalue weighted by Gasteiger charge is -2.29. The Kier molecular flexibility index (Phi) is 61.4. The van der Waals surface area contributed by atoms with E-state index in [1.54, 1.807) is 71.9 Å². The molecule has 6 amide bonds. The molecule has 48 nitrogen and oxygen atoms in total. The van der Waals surface area contributed by atoms with Gasteiger partial charge >= 0.3 is 103 Å². The molecule has 0 spiro atoms. The van der Waals surface area contributed by atoms with E-state index >= 15 is 0 Å². The number of thioether (sulfide) groups is 6. The van der Waals surface area contributed by atoms with Crippen LogP contribution < -0.4 is 31.9 Å². The summed E-state index contributed by atoms with van der Waals surface area (Å²) in [5.41, 5.74) is -0.415. The first-order chi connectivity index (χ1) is 62.2. The minimum atomic E-state index is -1.30. The number of ether oxygens (including phenoxy) is 12. The van der Waals surface area contributed by atoms with Crippen molar-refractivity contribution in [2.75, 3.05) is 40.8 Å². The Morgan fingerprint density at radius 3 is 0.787 bits per heavy atom. The molecule has 1 aliphatic carbocycles. The van der Waals surface area contributed by atoms with Crippen molar-refractivity contribution in [2.45, 2.75) is 276 Å². The lowest BCUT2D eigenvalue weighted by molar-refractivity contribution is -0.161. The second kappa shape index (κ2) is 63.8. The van der Waals surface area contributed by atoms with E-state index in [9.17, 15) is 125 Å². The standard InChI is InChI=1S/C16H25NO7S.C16H19NO7S.C14H23NO7S.C13H21NO7S.C12H19NO7S.C11H17NO7S/c2*1-10(18)17-12(13(19)20)16(2,3)25-15(22)24-9-23-14(21)11-7-5-4-6-8-11;1-8(16)15-9(10(17)18)14(5,6)23-12(20)22-7-21-11(19)13(2,3)4;1-7(2)11(18)20-6-21-12(19)22-13(4,5)9(10(16)17)14-8(3)15;1-5-8(15)19-6-20-11(18)21-12(3,4)9(10(16)17)13-7(2)14;1-6(13)12-8(9(15)16)11(3,4)20-10(17)19-5-18-7(2)14/h11-12H,4-9H2,1-3H3,(H,17,18)(H,19,20);4-8,12H,9H2,1-3H3,(H,17,18)(H,19,20);9H,7H2,1-6H3,(H,15,16)(H,17,18);7,9H,6H2,1-5H3,(H,14,15)(H,16,17);9H,5-6H2,1-4H3,(H,13,14)(H,16,17);8H,5H2,1-4H3,(H,12,13)(H,15,16)/t2*12-;3*9-;8-/m000000/s1. The highest BCUT2D eigenvalue weighted by Gasteiger charge is 2.45. The molecule has 1 aliphatic rings. The first kappa shape index (κ1) is 131. The zero-order valence-electron chi connectivity index (χ0n) is 79.8. The SMILES string of the molecule is CC(=O)N[C@@H](C(=O)O)C(C)(C)SC(=O)OCOC(=O)C(C)(C)C.CC(=O)N[C@@H](C(=O)O)C(C)(C)SC(=O)OCOC(=O)C(C)C.CC(=O)N[C@@H](C(=O)O)C(C)(C)SC(=O)OCOC(=O)C1CCCCC1.CC(=O)N[C@@H](C(=O)O)C(C)(C)SC(=O)OCOC(=O)c1ccccc1.CC(=O)N[C@@H](C(=O)O)C(C)(C)SC(=O)OCOC(C)=O.CCC(=O)OCOC(=O)SC(C)(C)[C@@H](NC(C)=O)C(=O)O. The third-order valence-corrected chi connectivity index (χ3v) is 22.7. The van der Waals surface area contributed by atoms with Gasteiger partial charge in [-0.15, -0.1) is 0 Å². The van der Waals surface area contributed by atoms with Gasteiger partial charge in [0.2, 0.25) is 76.2 Å². The molecule has 0 bridgehead atoms. The first-order valence-electron chi connectivity index (χ1n) is 40.3. The molecule has 1 aromatic rings. The maximum absolute atomic E-state index is 11.9. The number of rotatable bonds is 40. The number of carboxylic acid groups (broad SMARTS) is 6. The van der Waals surface area contributed by atoms with Gasteiger partial charge in [-0.1, -0.05) is 58.2 Å². The molecule has 770 valence electrons. The second-order valence-electron chi connectivity index (χ2n) is 32.5. The van der Waals surface area contributed by atoms with E-state index in [4.69, 9.17) is 53.6 Å². The molecule has 0 aliphatic heterocycles. The average Bonchev–Trinajstić information content (AvgIpc) is 0.857. The molecule has 0 saturated heterocycles. The van der Waals surface area contributed by atoms with Crippen LogP contribution in [0, 0.1) is 17.3 Å². The van der Waals surface area contributed by atoms with Gasteiger partial charge in [0.15, 0.2) is 0 Å². The van der Waals surface area contributed by atoms with Crippen LogP contribution >= 0.6 is 70.6 Å². The molecule has 54 heteroatoms. The minimum absolute atomic E-state index is 0.146. The van der Waals surface area contributed by atoms with E-state index in [1.165, 1.54) is 125 Å². The minimum Gasteiger partial charge on any atom is -0.480 e. The third kappa shape index (κ3) is 59.5. The lowest BCUT2D eigenvalue weighted by atomic mass is 9.89. The van der Waals surface area contributed by atoms with Crippen molar-refractivity contribution in [3.63, 3.8) is 0 Å². The third-order valence-electron chi connectivity index (χ3n) is 16.5. The predicted octanol–water partition coefficient (Wildman–Crippen LogP) is 9.37. The summed E-state index contributed by atoms with van der Waals surface area (Å²) in [5, 5.41) is 63.6. The Morgan fingerprint density at radius 1 is 0.324 bits per heavy atom. The zero-order chi connectivity index (χ0) is 107. The van der Waals surface area contributed by atoms with E-state index in [-0.39, 0.29) is 24.2 Å². The number of amides is 6. The van der Waals surface area contributed by atoms with Gasteiger partial charge in [0.1, 0.15) is 36.3 Å². The van der Waals surface area contributed by atoms with Crippen molar-refractivity contribution in [3.8, 4) is 0 Å². The Bertz CT molecular complexity index is 4280. The van der Waals surface area contributed by atoms with Crippen molar-refractivity contribution in [2.24, 2.45) is 17.3 Å². The Morgan fingerprint density at radius 2 is 0.559 bits per heavy atom. The number of carbonyl (C=O) groups is 24. The number of carbonyl (C=O) groups excluding carboxylic acids is 18. The van der Waals surface area contributed by atoms with Crippen molar-refractivity contribution in [3.05, 3.63) is 35.9 Å². The van der Waals surface area contributed by atoms with Gasteiger partial charge < -0.3 is 119 Å². The quantitative estimate of drug-likeness (QED) is 0.0165. The molecule has 0 heterocycles. The topological polar surface area (TPSA) is 714 Å². The van der Waals surface area contributed by atoms with E-state index in [0.29, 0.717) is 76.1 Å². The summed E-state index contributed by atoms with van der Waals surface area (Å²) in [6, 6.07) is 0.488. The molecular formula is C82H124N6O42S6. The highest BCUT2D eigenvalue weighted by molar-refractivity contribution is 8.15. The molecule has 0 aromatic heterocycles. The molecule has 2 rings (SSSR count). The average molecular weight is 2060 g/mol. The van der Waals surface area contributed by atoms with Crippen LogP contribution in [0.2, 0.25) is 0 Å². The molecular weight excluding hydrogens is 1930 g/mol. The van der Waals surface area contributed by atoms with Crippen LogP contribution in [-0.4, -0.2) is 275 Å². The molecule has 136 heavy (non-hydrogen) atoms. The van der Waals surface area contributed by atoms with Gasteiger partial charge in [0, 0.05) is 54.9 Å². The first-order valence-corrected chi connectivity index (χ1v) is 45.2. The fourth-order valence-electron chi connectivity index (χ4n) is 9.67. The van der Waals surface area contributed by atoms with E-state index in [1.807, 2.05) is 0 Å². The summed E-state index contributed by atoms with van der Waals surface area (Å²) >= 11 is 3.56. The summed E-state index contributed by atoms with van der Waals surface area (Å²) in [4.78, 5) is 271. The molecule has 12 N–H and O–H groups in total. The van der Waals surface area contributed by atoms with Crippen LogP contribution in [0.1, 0.15) is 222 Å². The van der Waals surface area contributed by atoms with Crippen LogP contribution in [0.5, 0.6) is 0 Å². The second-order valence-corrected chi connectivity index (χ2v) is 42.1. The molecule has 1 aromatic carbocycles. The van der Waals surface area contributed by atoms with Crippen LogP contribution in [0.3, 0.4) is 0 Å². The largest absolute Gasteiger partial charge is 0.480 e. The number of carboxylic acids is 6. The Balaban J connectivity index is -0.000000770.